The van der Waals surface area contributed by atoms with Crippen LogP contribution in [0.3, 0.4) is 0 Å². The van der Waals surface area contributed by atoms with Gasteiger partial charge < -0.3 is 4.90 Å². The van der Waals surface area contributed by atoms with Crippen LogP contribution in [0.25, 0.3) is 22.4 Å². The van der Waals surface area contributed by atoms with Crippen LogP contribution in [0.5, 0.6) is 0 Å². The van der Waals surface area contributed by atoms with Crippen LogP contribution in [0.1, 0.15) is 23.1 Å². The van der Waals surface area contributed by atoms with E-state index in [1.807, 2.05) is 90.7 Å². The number of pyridine rings is 1. The zero-order valence-electron chi connectivity index (χ0n) is 19.6. The first-order valence-electron chi connectivity index (χ1n) is 11.7. The first-order valence-corrected chi connectivity index (χ1v) is 12.7. The summed E-state index contributed by atoms with van der Waals surface area (Å²) < 4.78 is 0. The lowest BCUT2D eigenvalue weighted by molar-refractivity contribution is -0.116. The molecule has 4 nitrogen and oxygen atoms in total. The Morgan fingerprint density at radius 2 is 1.74 bits per heavy atom. The molecule has 0 saturated heterocycles. The van der Waals surface area contributed by atoms with Crippen LogP contribution < -0.4 is 4.90 Å². The number of aryl methyl sites for hydroxylation is 2. The van der Waals surface area contributed by atoms with E-state index in [9.17, 15) is 10.1 Å². The second-order valence-corrected chi connectivity index (χ2v) is 9.61. The number of nitriles is 1. The number of benzene rings is 3. The van der Waals surface area contributed by atoms with Crippen molar-refractivity contribution in [1.82, 2.24) is 4.98 Å². The van der Waals surface area contributed by atoms with Gasteiger partial charge in [-0.05, 0) is 43.0 Å². The Balaban J connectivity index is 1.51. The quantitative estimate of drug-likeness (QED) is 0.303. The normalized spacial score (nSPS) is 12.6. The lowest BCUT2D eigenvalue weighted by Crippen LogP contribution is -2.36. The molecular weight excluding hydrogens is 450 g/mol. The third-order valence-corrected chi connectivity index (χ3v) is 7.23. The minimum atomic E-state index is 0.0369. The highest BCUT2D eigenvalue weighted by Gasteiger charge is 2.23. The number of fused-ring (bicyclic) bond motifs is 1. The molecule has 0 spiro atoms. The van der Waals surface area contributed by atoms with Crippen molar-refractivity contribution in [2.45, 2.75) is 24.8 Å². The van der Waals surface area contributed by atoms with Crippen LogP contribution in [0.2, 0.25) is 0 Å². The van der Waals surface area contributed by atoms with E-state index in [0.29, 0.717) is 17.1 Å². The summed E-state index contributed by atoms with van der Waals surface area (Å²) in [5.74, 6) is 0.261. The van der Waals surface area contributed by atoms with E-state index in [0.717, 1.165) is 46.5 Å². The third kappa shape index (κ3) is 4.84. The molecule has 0 fully saturated rings. The van der Waals surface area contributed by atoms with Gasteiger partial charge in [-0.3, -0.25) is 4.79 Å². The summed E-state index contributed by atoms with van der Waals surface area (Å²) in [6, 6.07) is 30.6. The molecule has 2 heterocycles. The van der Waals surface area contributed by atoms with E-state index in [4.69, 9.17) is 4.98 Å². The zero-order chi connectivity index (χ0) is 24.2. The van der Waals surface area contributed by atoms with Crippen LogP contribution in [-0.2, 0) is 11.2 Å². The first-order chi connectivity index (χ1) is 17.1. The van der Waals surface area contributed by atoms with Crippen LogP contribution in [0.4, 0.5) is 5.69 Å². The third-order valence-electron chi connectivity index (χ3n) is 6.27. The van der Waals surface area contributed by atoms with Gasteiger partial charge in [0.15, 0.2) is 0 Å². The van der Waals surface area contributed by atoms with Crippen molar-refractivity contribution in [2.75, 3.05) is 17.2 Å². The maximum atomic E-state index is 13.3. The van der Waals surface area contributed by atoms with Crippen molar-refractivity contribution in [3.63, 3.8) is 0 Å². The summed E-state index contributed by atoms with van der Waals surface area (Å²) in [6.07, 6.45) is 1.95. The molecule has 0 unspecified atom stereocenters. The Morgan fingerprint density at radius 1 is 1.00 bits per heavy atom. The van der Waals surface area contributed by atoms with Crippen LogP contribution in [-0.4, -0.2) is 23.2 Å². The Kier molecular flexibility index (Phi) is 6.65. The number of aromatic nitrogens is 1. The molecule has 1 aliphatic rings. The second-order valence-electron chi connectivity index (χ2n) is 8.65. The van der Waals surface area contributed by atoms with Gasteiger partial charge in [0.25, 0.3) is 0 Å². The van der Waals surface area contributed by atoms with Crippen molar-refractivity contribution in [1.29, 1.82) is 5.26 Å². The first kappa shape index (κ1) is 22.9. The number of anilines is 1. The number of carbonyl (C=O) groups is 1. The van der Waals surface area contributed by atoms with E-state index in [2.05, 4.69) is 12.1 Å². The van der Waals surface area contributed by atoms with E-state index in [1.54, 1.807) is 0 Å². The molecule has 0 aliphatic carbocycles. The Labute approximate surface area is 210 Å². The molecule has 0 radical (unpaired) electrons. The lowest BCUT2D eigenvalue weighted by atomic mass is 9.98. The van der Waals surface area contributed by atoms with Gasteiger partial charge in [0.1, 0.15) is 11.1 Å². The molecule has 1 amide bonds. The van der Waals surface area contributed by atoms with Crippen LogP contribution >= 0.6 is 11.8 Å². The van der Waals surface area contributed by atoms with E-state index in [1.165, 1.54) is 17.3 Å². The Morgan fingerprint density at radius 3 is 2.51 bits per heavy atom. The summed E-state index contributed by atoms with van der Waals surface area (Å²) >= 11 is 1.34. The monoisotopic (exact) mass is 475 g/mol. The van der Waals surface area contributed by atoms with Crippen molar-refractivity contribution in [3.8, 4) is 28.5 Å². The molecule has 5 rings (SSSR count). The molecule has 0 bridgehead atoms. The highest BCUT2D eigenvalue weighted by atomic mass is 32.2. The summed E-state index contributed by atoms with van der Waals surface area (Å²) in [4.78, 5) is 20.0. The number of hydrogen-bond donors (Lipinski definition) is 0. The van der Waals surface area contributed by atoms with Gasteiger partial charge in [0, 0.05) is 23.4 Å². The van der Waals surface area contributed by atoms with Crippen molar-refractivity contribution in [3.05, 3.63) is 102 Å². The van der Waals surface area contributed by atoms with Crippen molar-refractivity contribution in [2.24, 2.45) is 0 Å². The zero-order valence-corrected chi connectivity index (χ0v) is 20.4. The number of para-hydroxylation sites is 1. The van der Waals surface area contributed by atoms with Crippen LogP contribution in [0.15, 0.2) is 90.0 Å². The number of nitrogens with zero attached hydrogens (tertiary/aromatic N) is 3. The highest BCUT2D eigenvalue weighted by molar-refractivity contribution is 8.00. The number of rotatable bonds is 5. The fourth-order valence-corrected chi connectivity index (χ4v) is 5.33. The molecule has 4 aromatic rings. The fraction of sp³-hybridized carbons (Fsp3) is 0.167. The van der Waals surface area contributed by atoms with Crippen LogP contribution in [0, 0.1) is 18.3 Å². The summed E-state index contributed by atoms with van der Waals surface area (Å²) in [7, 11) is 0. The molecular formula is C30H25N3OS. The standard InChI is InChI=1S/C30H25N3OS/c1-21-13-15-22(16-14-21)25-18-27(23-8-3-2-4-9-23)32-30(26(25)19-31)35-20-29(34)33-17-7-11-24-10-5-6-12-28(24)33/h2-6,8-10,12-16,18H,7,11,17,20H2,1H3. The largest absolute Gasteiger partial charge is 0.311 e. The SMILES string of the molecule is Cc1ccc(-c2cc(-c3ccccc3)nc(SCC(=O)N3CCCc4ccccc43)c2C#N)cc1. The predicted molar refractivity (Wildman–Crippen MR) is 142 cm³/mol. The smallest absolute Gasteiger partial charge is 0.237 e. The van der Waals surface area contributed by atoms with Gasteiger partial charge >= 0.3 is 0 Å². The average molecular weight is 476 g/mol. The predicted octanol–water partition coefficient (Wildman–Crippen LogP) is 6.67. The summed E-state index contributed by atoms with van der Waals surface area (Å²) in [5, 5.41) is 10.7. The van der Waals surface area contributed by atoms with Gasteiger partial charge in [0.05, 0.1) is 17.0 Å². The summed E-state index contributed by atoms with van der Waals surface area (Å²) in [5.41, 5.74) is 7.43. The molecule has 3 aromatic carbocycles. The van der Waals surface area contributed by atoms with E-state index >= 15 is 0 Å². The minimum absolute atomic E-state index is 0.0369. The second kappa shape index (κ2) is 10.2. The van der Waals surface area contributed by atoms with Gasteiger partial charge in [-0.25, -0.2) is 4.98 Å². The molecule has 35 heavy (non-hydrogen) atoms. The molecule has 0 N–H and O–H groups in total. The fourth-order valence-electron chi connectivity index (χ4n) is 4.45. The Hall–Kier alpha value is -3.88. The van der Waals surface area contributed by atoms with Gasteiger partial charge in [-0.15, -0.1) is 0 Å². The maximum absolute atomic E-state index is 13.3. The Bertz CT molecular complexity index is 1410. The number of amides is 1. The molecule has 0 saturated carbocycles. The molecule has 5 heteroatoms. The molecule has 1 aliphatic heterocycles. The minimum Gasteiger partial charge on any atom is -0.311 e. The maximum Gasteiger partial charge on any atom is 0.237 e. The van der Waals surface area contributed by atoms with E-state index in [-0.39, 0.29) is 11.7 Å². The number of thioether (sulfide) groups is 1. The van der Waals surface area contributed by atoms with Gasteiger partial charge in [-0.2, -0.15) is 5.26 Å². The van der Waals surface area contributed by atoms with Gasteiger partial charge in [-0.1, -0.05) is 90.1 Å². The average Bonchev–Trinajstić information content (AvgIpc) is 2.91. The summed E-state index contributed by atoms with van der Waals surface area (Å²) in [6.45, 7) is 2.76. The van der Waals surface area contributed by atoms with Gasteiger partial charge in [0.2, 0.25) is 5.91 Å². The highest BCUT2D eigenvalue weighted by Crippen LogP contribution is 2.35. The molecule has 172 valence electrons. The van der Waals surface area contributed by atoms with Crippen molar-refractivity contribution < 1.29 is 4.79 Å². The number of carbonyl (C=O) groups excluding carboxylic acids is 1. The van der Waals surface area contributed by atoms with Crippen molar-refractivity contribution >= 4 is 23.4 Å². The topological polar surface area (TPSA) is 57.0 Å². The van der Waals surface area contributed by atoms with E-state index < -0.39 is 0 Å². The molecule has 0 atom stereocenters. The molecule has 1 aromatic heterocycles. The lowest BCUT2D eigenvalue weighted by Gasteiger charge is -2.29. The number of hydrogen-bond acceptors (Lipinski definition) is 4.